The first-order chi connectivity index (χ1) is 9.27. The molecule has 2 N–H and O–H groups in total. The fraction of sp³-hybridized carbons (Fsp3) is 0.929. The van der Waals surface area contributed by atoms with Crippen molar-refractivity contribution in [1.82, 2.24) is 9.80 Å². The van der Waals surface area contributed by atoms with E-state index in [0.29, 0.717) is 5.96 Å². The Balaban J connectivity index is 2.19. The van der Waals surface area contributed by atoms with E-state index in [-0.39, 0.29) is 0 Å². The van der Waals surface area contributed by atoms with E-state index in [0.717, 1.165) is 45.8 Å². The van der Waals surface area contributed by atoms with Crippen LogP contribution in [0.3, 0.4) is 0 Å². The third-order valence-corrected chi connectivity index (χ3v) is 3.32. The second-order valence-corrected chi connectivity index (χ2v) is 5.03. The predicted octanol–water partition coefficient (Wildman–Crippen LogP) is 1.15. The number of aliphatic imine (C=N–C) groups is 1. The summed E-state index contributed by atoms with van der Waals surface area (Å²) in [6.45, 7) is 12.1. The zero-order valence-electron chi connectivity index (χ0n) is 12.6. The molecule has 0 spiro atoms. The second-order valence-electron chi connectivity index (χ2n) is 5.03. The summed E-state index contributed by atoms with van der Waals surface area (Å²) in [4.78, 5) is 9.10. The lowest BCUT2D eigenvalue weighted by molar-refractivity contribution is 0.0674. The van der Waals surface area contributed by atoms with Crippen LogP contribution in [0.15, 0.2) is 4.99 Å². The van der Waals surface area contributed by atoms with Crippen molar-refractivity contribution in [3.8, 4) is 0 Å². The number of morpholine rings is 1. The summed E-state index contributed by atoms with van der Waals surface area (Å²) >= 11 is 0. The number of hydrogen-bond donors (Lipinski definition) is 1. The van der Waals surface area contributed by atoms with Crippen LogP contribution < -0.4 is 5.73 Å². The highest BCUT2D eigenvalue weighted by Gasteiger charge is 2.11. The molecule has 0 radical (unpaired) electrons. The van der Waals surface area contributed by atoms with Crippen molar-refractivity contribution in [3.05, 3.63) is 0 Å². The van der Waals surface area contributed by atoms with Crippen LogP contribution in [0, 0.1) is 0 Å². The van der Waals surface area contributed by atoms with Gasteiger partial charge >= 0.3 is 0 Å². The molecule has 0 atom stereocenters. The van der Waals surface area contributed by atoms with E-state index < -0.39 is 0 Å². The summed E-state index contributed by atoms with van der Waals surface area (Å²) < 4.78 is 5.30. The summed E-state index contributed by atoms with van der Waals surface area (Å²) in [6, 6.07) is 0. The second kappa shape index (κ2) is 10.0. The predicted molar refractivity (Wildman–Crippen MR) is 80.5 cm³/mol. The molecule has 0 unspecified atom stereocenters. The minimum atomic E-state index is 0.681. The topological polar surface area (TPSA) is 54.1 Å². The molecule has 1 aliphatic rings. The van der Waals surface area contributed by atoms with Gasteiger partial charge in [-0.15, -0.1) is 0 Å². The van der Waals surface area contributed by atoms with Gasteiger partial charge in [-0.05, 0) is 38.9 Å². The van der Waals surface area contributed by atoms with Gasteiger partial charge < -0.3 is 20.3 Å². The van der Waals surface area contributed by atoms with Gasteiger partial charge in [0.1, 0.15) is 0 Å². The van der Waals surface area contributed by atoms with E-state index in [9.17, 15) is 0 Å². The zero-order valence-corrected chi connectivity index (χ0v) is 12.6. The van der Waals surface area contributed by atoms with Crippen LogP contribution in [-0.4, -0.2) is 68.2 Å². The van der Waals surface area contributed by atoms with Gasteiger partial charge in [0.2, 0.25) is 0 Å². The summed E-state index contributed by atoms with van der Waals surface area (Å²) in [6.07, 6.45) is 3.53. The van der Waals surface area contributed by atoms with Gasteiger partial charge in [0.25, 0.3) is 0 Å². The molecular formula is C14H30N4O. The Morgan fingerprint density at radius 3 is 2.37 bits per heavy atom. The van der Waals surface area contributed by atoms with E-state index in [1.165, 1.54) is 25.9 Å². The van der Waals surface area contributed by atoms with Crippen LogP contribution in [0.1, 0.15) is 33.1 Å². The fourth-order valence-electron chi connectivity index (χ4n) is 2.35. The first-order valence-electron chi connectivity index (χ1n) is 7.62. The molecule has 1 rings (SSSR count). The van der Waals surface area contributed by atoms with E-state index in [4.69, 9.17) is 10.5 Å². The van der Waals surface area contributed by atoms with Gasteiger partial charge in [-0.3, -0.25) is 4.99 Å². The standard InChI is InChI=1S/C14H30N4O/c1-3-7-17(8-4-2)9-5-6-16-14(15)18-10-12-19-13-11-18/h3-13H2,1-2H3,(H2,15,16). The molecule has 1 aliphatic heterocycles. The van der Waals surface area contributed by atoms with Crippen LogP contribution in [0.25, 0.3) is 0 Å². The smallest absolute Gasteiger partial charge is 0.191 e. The number of nitrogens with two attached hydrogens (primary N) is 1. The van der Waals surface area contributed by atoms with E-state index in [2.05, 4.69) is 28.6 Å². The molecule has 5 heteroatoms. The Morgan fingerprint density at radius 2 is 1.79 bits per heavy atom. The van der Waals surface area contributed by atoms with Gasteiger partial charge in [0, 0.05) is 19.6 Å². The third-order valence-electron chi connectivity index (χ3n) is 3.32. The van der Waals surface area contributed by atoms with Gasteiger partial charge in [-0.1, -0.05) is 13.8 Å². The molecule has 0 saturated carbocycles. The SMILES string of the molecule is CCCN(CCC)CCCN=C(N)N1CCOCC1. The molecule has 19 heavy (non-hydrogen) atoms. The Hall–Kier alpha value is -0.810. The van der Waals surface area contributed by atoms with E-state index >= 15 is 0 Å². The quantitative estimate of drug-likeness (QED) is 0.408. The van der Waals surface area contributed by atoms with Crippen molar-refractivity contribution in [2.45, 2.75) is 33.1 Å². The van der Waals surface area contributed by atoms with Crippen LogP contribution in [-0.2, 0) is 4.74 Å². The third kappa shape index (κ3) is 6.78. The molecule has 1 heterocycles. The average molecular weight is 270 g/mol. The normalized spacial score (nSPS) is 17.2. The summed E-state index contributed by atoms with van der Waals surface area (Å²) in [5.74, 6) is 0.681. The highest BCUT2D eigenvalue weighted by molar-refractivity contribution is 5.78. The van der Waals surface area contributed by atoms with E-state index in [1.54, 1.807) is 0 Å². The molecule has 0 aromatic carbocycles. The molecular weight excluding hydrogens is 240 g/mol. The largest absolute Gasteiger partial charge is 0.378 e. The lowest BCUT2D eigenvalue weighted by Gasteiger charge is -2.27. The Kier molecular flexibility index (Phi) is 8.58. The number of ether oxygens (including phenoxy) is 1. The summed E-state index contributed by atoms with van der Waals surface area (Å²) in [5, 5.41) is 0. The van der Waals surface area contributed by atoms with Crippen molar-refractivity contribution in [2.24, 2.45) is 10.7 Å². The van der Waals surface area contributed by atoms with Gasteiger partial charge in [-0.2, -0.15) is 0 Å². The molecule has 0 bridgehead atoms. The Bertz CT molecular complexity index is 246. The first kappa shape index (κ1) is 16.2. The van der Waals surface area contributed by atoms with Crippen molar-refractivity contribution < 1.29 is 4.74 Å². The zero-order chi connectivity index (χ0) is 13.9. The maximum atomic E-state index is 5.99. The van der Waals surface area contributed by atoms with Crippen LogP contribution >= 0.6 is 0 Å². The number of nitrogens with zero attached hydrogens (tertiary/aromatic N) is 3. The van der Waals surface area contributed by atoms with E-state index in [1.807, 2.05) is 0 Å². The van der Waals surface area contributed by atoms with Crippen molar-refractivity contribution in [2.75, 3.05) is 52.5 Å². The highest BCUT2D eigenvalue weighted by Crippen LogP contribution is 1.99. The fourth-order valence-corrected chi connectivity index (χ4v) is 2.35. The van der Waals surface area contributed by atoms with Gasteiger partial charge in [0.15, 0.2) is 5.96 Å². The lowest BCUT2D eigenvalue weighted by Crippen LogP contribution is -2.44. The average Bonchev–Trinajstić information content (AvgIpc) is 2.44. The molecule has 0 aliphatic carbocycles. The minimum Gasteiger partial charge on any atom is -0.378 e. The Labute approximate surface area is 117 Å². The molecule has 0 aromatic heterocycles. The number of rotatable bonds is 8. The van der Waals surface area contributed by atoms with Crippen LogP contribution in [0.2, 0.25) is 0 Å². The maximum absolute atomic E-state index is 5.99. The Morgan fingerprint density at radius 1 is 1.16 bits per heavy atom. The first-order valence-corrected chi connectivity index (χ1v) is 7.62. The molecule has 1 saturated heterocycles. The van der Waals surface area contributed by atoms with Gasteiger partial charge in [-0.25, -0.2) is 0 Å². The van der Waals surface area contributed by atoms with Crippen LogP contribution in [0.5, 0.6) is 0 Å². The molecule has 0 amide bonds. The summed E-state index contributed by atoms with van der Waals surface area (Å²) in [7, 11) is 0. The van der Waals surface area contributed by atoms with Gasteiger partial charge in [0.05, 0.1) is 13.2 Å². The van der Waals surface area contributed by atoms with Crippen LogP contribution in [0.4, 0.5) is 0 Å². The lowest BCUT2D eigenvalue weighted by atomic mass is 10.3. The highest BCUT2D eigenvalue weighted by atomic mass is 16.5. The molecule has 0 aromatic rings. The molecule has 112 valence electrons. The molecule has 1 fully saturated rings. The number of hydrogen-bond acceptors (Lipinski definition) is 3. The number of guanidine groups is 1. The maximum Gasteiger partial charge on any atom is 0.191 e. The monoisotopic (exact) mass is 270 g/mol. The minimum absolute atomic E-state index is 0.681. The summed E-state index contributed by atoms with van der Waals surface area (Å²) in [5.41, 5.74) is 5.99. The van der Waals surface area contributed by atoms with Crippen molar-refractivity contribution in [1.29, 1.82) is 0 Å². The molecule has 5 nitrogen and oxygen atoms in total. The van der Waals surface area contributed by atoms with Crippen molar-refractivity contribution >= 4 is 5.96 Å². The van der Waals surface area contributed by atoms with Crippen molar-refractivity contribution in [3.63, 3.8) is 0 Å².